The predicted molar refractivity (Wildman–Crippen MR) is 153 cm³/mol. The van der Waals surface area contributed by atoms with Crippen molar-refractivity contribution in [1.29, 1.82) is 0 Å². The lowest BCUT2D eigenvalue weighted by atomic mass is 9.99. The Balaban J connectivity index is 1.19. The zero-order valence-electron chi connectivity index (χ0n) is 23.2. The lowest BCUT2D eigenvalue weighted by Crippen LogP contribution is -2.50. The van der Waals surface area contributed by atoms with Gasteiger partial charge in [-0.1, -0.05) is 36.8 Å². The van der Waals surface area contributed by atoms with Crippen LogP contribution in [0.5, 0.6) is 17.2 Å². The number of hydrogen-bond donors (Lipinski definition) is 0. The van der Waals surface area contributed by atoms with Crippen LogP contribution < -0.4 is 19.1 Å². The number of likely N-dealkylation sites (tertiary alicyclic amines) is 1. The zero-order chi connectivity index (χ0) is 27.2. The summed E-state index contributed by atoms with van der Waals surface area (Å²) in [5.41, 5.74) is 2.22. The quantitative estimate of drug-likeness (QED) is 0.395. The summed E-state index contributed by atoms with van der Waals surface area (Å²) in [6, 6.07) is 18.7. The average Bonchev–Trinajstić information content (AvgIpc) is 3.00. The molecule has 8 nitrogen and oxygen atoms in total. The largest absolute Gasteiger partial charge is 0.497 e. The van der Waals surface area contributed by atoms with Crippen molar-refractivity contribution in [3.63, 3.8) is 0 Å². The molecule has 3 aromatic carbocycles. The van der Waals surface area contributed by atoms with E-state index in [1.54, 1.807) is 21.3 Å². The molecule has 0 radical (unpaired) electrons. The lowest BCUT2D eigenvalue weighted by molar-refractivity contribution is 0.0454. The van der Waals surface area contributed by atoms with Gasteiger partial charge in [0.05, 0.1) is 21.3 Å². The highest BCUT2D eigenvalue weighted by molar-refractivity contribution is 5.87. The van der Waals surface area contributed by atoms with Crippen LogP contribution in [0.25, 0.3) is 10.8 Å². The van der Waals surface area contributed by atoms with Crippen LogP contribution in [0.2, 0.25) is 0 Å². The van der Waals surface area contributed by atoms with Crippen LogP contribution in [-0.2, 0) is 11.3 Å². The molecule has 0 spiro atoms. The molecule has 0 saturated carbocycles. The maximum Gasteiger partial charge on any atom is 0.409 e. The number of anilines is 1. The minimum Gasteiger partial charge on any atom is -0.497 e. The minimum atomic E-state index is -0.230. The molecule has 1 unspecified atom stereocenters. The van der Waals surface area contributed by atoms with Crippen molar-refractivity contribution >= 4 is 22.6 Å². The molecule has 3 aromatic rings. The van der Waals surface area contributed by atoms with Gasteiger partial charge in [0.25, 0.3) is 0 Å². The average molecular weight is 534 g/mol. The summed E-state index contributed by atoms with van der Waals surface area (Å²) in [5.74, 6) is 2.41. The number of nitrogens with zero attached hydrogens (tertiary/aromatic N) is 3. The second kappa shape index (κ2) is 12.5. The van der Waals surface area contributed by atoms with Crippen molar-refractivity contribution < 1.29 is 23.7 Å². The normalized spacial score (nSPS) is 18.2. The van der Waals surface area contributed by atoms with Gasteiger partial charge >= 0.3 is 6.09 Å². The van der Waals surface area contributed by atoms with Gasteiger partial charge in [-0.15, -0.1) is 0 Å². The van der Waals surface area contributed by atoms with E-state index >= 15 is 0 Å². The molecular formula is C31H39N3O5. The molecule has 2 heterocycles. The van der Waals surface area contributed by atoms with E-state index in [4.69, 9.17) is 18.9 Å². The van der Waals surface area contributed by atoms with Gasteiger partial charge in [0.15, 0.2) is 0 Å². The van der Waals surface area contributed by atoms with Crippen LogP contribution in [0.4, 0.5) is 10.5 Å². The smallest absolute Gasteiger partial charge is 0.409 e. The summed E-state index contributed by atoms with van der Waals surface area (Å²) in [6.45, 7) is 4.83. The lowest BCUT2D eigenvalue weighted by Gasteiger charge is -2.38. The second-order valence-electron chi connectivity index (χ2n) is 10.2. The van der Waals surface area contributed by atoms with E-state index in [-0.39, 0.29) is 12.1 Å². The number of hydrogen-bond acceptors (Lipinski definition) is 7. The molecule has 2 aliphatic heterocycles. The van der Waals surface area contributed by atoms with Crippen molar-refractivity contribution in [1.82, 2.24) is 9.80 Å². The molecule has 0 aromatic heterocycles. The van der Waals surface area contributed by atoms with E-state index in [0.29, 0.717) is 19.7 Å². The Hall–Kier alpha value is -3.65. The first kappa shape index (κ1) is 26.9. The van der Waals surface area contributed by atoms with Gasteiger partial charge in [-0.05, 0) is 36.2 Å². The molecule has 2 aliphatic rings. The van der Waals surface area contributed by atoms with Crippen LogP contribution in [0, 0.1) is 0 Å². The van der Waals surface area contributed by atoms with Crippen molar-refractivity contribution in [2.75, 3.05) is 65.6 Å². The molecule has 1 atom stereocenters. The SMILES string of the molecule is COc1cc(OC)cc(N2CCN(C(=O)OCC3CCCCN3Cc3c(OC)ccc4ccccc34)CC2)c1. The third-order valence-electron chi connectivity index (χ3n) is 7.97. The third-order valence-corrected chi connectivity index (χ3v) is 7.97. The highest BCUT2D eigenvalue weighted by Gasteiger charge is 2.28. The summed E-state index contributed by atoms with van der Waals surface area (Å²) >= 11 is 0. The minimum absolute atomic E-state index is 0.192. The second-order valence-corrected chi connectivity index (χ2v) is 10.2. The van der Waals surface area contributed by atoms with Gasteiger partial charge < -0.3 is 28.7 Å². The number of benzene rings is 3. The number of piperazine rings is 1. The van der Waals surface area contributed by atoms with Crippen LogP contribution >= 0.6 is 0 Å². The summed E-state index contributed by atoms with van der Waals surface area (Å²) in [4.78, 5) is 19.5. The number of fused-ring (bicyclic) bond motifs is 1. The first-order valence-electron chi connectivity index (χ1n) is 13.8. The molecular weight excluding hydrogens is 494 g/mol. The Morgan fingerprint density at radius 1 is 0.846 bits per heavy atom. The fraction of sp³-hybridized carbons (Fsp3) is 0.452. The highest BCUT2D eigenvalue weighted by atomic mass is 16.6. The molecule has 5 rings (SSSR count). The van der Waals surface area contributed by atoms with Crippen molar-refractivity contribution in [2.45, 2.75) is 31.8 Å². The number of methoxy groups -OCH3 is 3. The fourth-order valence-electron chi connectivity index (χ4n) is 5.71. The summed E-state index contributed by atoms with van der Waals surface area (Å²) in [6.07, 6.45) is 3.08. The number of carbonyl (C=O) groups is 1. The van der Waals surface area contributed by atoms with Crippen LogP contribution in [0.1, 0.15) is 24.8 Å². The molecule has 0 bridgehead atoms. The van der Waals surface area contributed by atoms with Crippen molar-refractivity contribution in [3.05, 3.63) is 60.2 Å². The number of amides is 1. The van der Waals surface area contributed by atoms with E-state index in [9.17, 15) is 4.79 Å². The molecule has 0 aliphatic carbocycles. The molecule has 0 N–H and O–H groups in total. The first-order chi connectivity index (χ1) is 19.1. The van der Waals surface area contributed by atoms with Crippen LogP contribution in [0.15, 0.2) is 54.6 Å². The Morgan fingerprint density at radius 2 is 1.59 bits per heavy atom. The van der Waals surface area contributed by atoms with Crippen LogP contribution in [0.3, 0.4) is 0 Å². The van der Waals surface area contributed by atoms with E-state index in [1.165, 1.54) is 16.3 Å². The molecule has 8 heteroatoms. The molecule has 2 saturated heterocycles. The van der Waals surface area contributed by atoms with Gasteiger partial charge in [-0.3, -0.25) is 4.90 Å². The van der Waals surface area contributed by atoms with Gasteiger partial charge in [-0.2, -0.15) is 0 Å². The number of ether oxygens (including phenoxy) is 4. The standard InChI is InChI=1S/C31H39N3O5/c1-36-26-18-25(19-27(20-26)37-2)32-14-16-33(17-15-32)31(35)39-22-24-9-6-7-13-34(24)21-29-28-10-5-4-8-23(28)11-12-30(29)38-3/h4-5,8,10-12,18-20,24H,6-7,9,13-17,21-22H2,1-3H3. The van der Waals surface area contributed by atoms with E-state index in [1.807, 2.05) is 23.1 Å². The highest BCUT2D eigenvalue weighted by Crippen LogP contribution is 2.32. The Morgan fingerprint density at radius 3 is 2.31 bits per heavy atom. The van der Waals surface area contributed by atoms with Crippen molar-refractivity contribution in [2.24, 2.45) is 0 Å². The Kier molecular flexibility index (Phi) is 8.61. The molecule has 2 fully saturated rings. The van der Waals surface area contributed by atoms with E-state index in [0.717, 1.165) is 68.4 Å². The number of rotatable bonds is 8. The first-order valence-corrected chi connectivity index (χ1v) is 13.8. The van der Waals surface area contributed by atoms with E-state index < -0.39 is 0 Å². The molecule has 39 heavy (non-hydrogen) atoms. The Bertz CT molecular complexity index is 1250. The van der Waals surface area contributed by atoms with Gasteiger partial charge in [0.1, 0.15) is 23.9 Å². The maximum atomic E-state index is 13.0. The van der Waals surface area contributed by atoms with Crippen LogP contribution in [-0.4, -0.2) is 82.6 Å². The zero-order valence-corrected chi connectivity index (χ0v) is 23.2. The van der Waals surface area contributed by atoms with Gasteiger partial charge in [0.2, 0.25) is 0 Å². The summed E-state index contributed by atoms with van der Waals surface area (Å²) in [7, 11) is 5.03. The predicted octanol–water partition coefficient (Wildman–Crippen LogP) is 5.18. The monoisotopic (exact) mass is 533 g/mol. The molecule has 1 amide bonds. The fourth-order valence-corrected chi connectivity index (χ4v) is 5.71. The third kappa shape index (κ3) is 6.17. The number of carbonyl (C=O) groups excluding carboxylic acids is 1. The summed E-state index contributed by atoms with van der Waals surface area (Å²) < 4.78 is 22.5. The van der Waals surface area contributed by atoms with E-state index in [2.05, 4.69) is 46.2 Å². The topological polar surface area (TPSA) is 63.7 Å². The maximum absolute atomic E-state index is 13.0. The van der Waals surface area contributed by atoms with Gasteiger partial charge in [0, 0.05) is 68.2 Å². The number of piperidine rings is 1. The summed E-state index contributed by atoms with van der Waals surface area (Å²) in [5, 5.41) is 2.42. The Labute approximate surface area is 231 Å². The van der Waals surface area contributed by atoms with Gasteiger partial charge in [-0.25, -0.2) is 4.79 Å². The molecule has 208 valence electrons. The van der Waals surface area contributed by atoms with Crippen molar-refractivity contribution in [3.8, 4) is 17.2 Å².